The number of benzene rings is 1. The molecule has 6 nitrogen and oxygen atoms in total. The van der Waals surface area contributed by atoms with Gasteiger partial charge in [-0.3, -0.25) is 9.48 Å². The summed E-state index contributed by atoms with van der Waals surface area (Å²) in [7, 11) is 0. The molecule has 1 N–H and O–H groups in total. The first-order valence-corrected chi connectivity index (χ1v) is 8.54. The third-order valence-corrected chi connectivity index (χ3v) is 4.37. The van der Waals surface area contributed by atoms with Gasteiger partial charge in [0, 0.05) is 37.1 Å². The molecular weight excluding hydrogens is 323 g/mol. The van der Waals surface area contributed by atoms with Crippen molar-refractivity contribution in [1.29, 1.82) is 0 Å². The van der Waals surface area contributed by atoms with Crippen LogP contribution in [0.1, 0.15) is 35.8 Å². The maximum atomic E-state index is 13.8. The SMILES string of the molecule is CCn1cc(C(=O)N[C@H](C)c2cc(F)ccc2N2CCOCC2)cn1. The summed E-state index contributed by atoms with van der Waals surface area (Å²) in [5.41, 5.74) is 2.19. The lowest BCUT2D eigenvalue weighted by Crippen LogP contribution is -2.37. The molecule has 1 amide bonds. The molecule has 2 heterocycles. The second-order valence-corrected chi connectivity index (χ2v) is 6.08. The molecule has 3 rings (SSSR count). The highest BCUT2D eigenvalue weighted by Crippen LogP contribution is 2.28. The summed E-state index contributed by atoms with van der Waals surface area (Å²) in [5.74, 6) is -0.531. The molecule has 0 spiro atoms. The summed E-state index contributed by atoms with van der Waals surface area (Å²) in [5, 5.41) is 7.05. The molecule has 0 bridgehead atoms. The van der Waals surface area contributed by atoms with Crippen LogP contribution in [0.2, 0.25) is 0 Å². The predicted molar refractivity (Wildman–Crippen MR) is 93.2 cm³/mol. The number of ether oxygens (including phenoxy) is 1. The Labute approximate surface area is 146 Å². The van der Waals surface area contributed by atoms with Crippen LogP contribution >= 0.6 is 0 Å². The molecule has 0 unspecified atom stereocenters. The maximum Gasteiger partial charge on any atom is 0.254 e. The van der Waals surface area contributed by atoms with E-state index in [1.165, 1.54) is 12.1 Å². The monoisotopic (exact) mass is 346 g/mol. The minimum atomic E-state index is -0.328. The molecule has 1 aliphatic rings. The molecule has 1 fully saturated rings. The van der Waals surface area contributed by atoms with E-state index in [0.717, 1.165) is 24.3 Å². The van der Waals surface area contributed by atoms with E-state index in [1.807, 2.05) is 13.8 Å². The second-order valence-electron chi connectivity index (χ2n) is 6.08. The molecule has 2 aromatic rings. The molecule has 0 saturated carbocycles. The highest BCUT2D eigenvalue weighted by atomic mass is 19.1. The van der Waals surface area contributed by atoms with Crippen molar-refractivity contribution in [1.82, 2.24) is 15.1 Å². The summed E-state index contributed by atoms with van der Waals surface area (Å²) >= 11 is 0. The molecule has 25 heavy (non-hydrogen) atoms. The highest BCUT2D eigenvalue weighted by molar-refractivity contribution is 5.94. The Morgan fingerprint density at radius 3 is 2.84 bits per heavy atom. The summed E-state index contributed by atoms with van der Waals surface area (Å²) in [6.07, 6.45) is 3.25. The van der Waals surface area contributed by atoms with Crippen LogP contribution in [0, 0.1) is 5.82 Å². The van der Waals surface area contributed by atoms with Gasteiger partial charge in [-0.25, -0.2) is 4.39 Å². The molecule has 0 radical (unpaired) electrons. The number of nitrogens with zero attached hydrogens (tertiary/aromatic N) is 3. The first-order valence-electron chi connectivity index (χ1n) is 8.54. The zero-order chi connectivity index (χ0) is 17.8. The van der Waals surface area contributed by atoms with Gasteiger partial charge in [0.15, 0.2) is 0 Å². The van der Waals surface area contributed by atoms with Crippen molar-refractivity contribution in [3.8, 4) is 0 Å². The third kappa shape index (κ3) is 3.99. The van der Waals surface area contributed by atoms with E-state index in [1.54, 1.807) is 23.1 Å². The molecule has 7 heteroatoms. The standard InChI is InChI=1S/C18H23FN4O2/c1-3-23-12-14(11-20-23)18(24)21-13(2)16-10-15(19)4-5-17(16)22-6-8-25-9-7-22/h4-5,10-13H,3,6-9H2,1-2H3,(H,21,24)/t13-/m1/s1. The van der Waals surface area contributed by atoms with Crippen LogP contribution in [0.25, 0.3) is 0 Å². The lowest BCUT2D eigenvalue weighted by molar-refractivity contribution is 0.0939. The largest absolute Gasteiger partial charge is 0.378 e. The number of nitrogens with one attached hydrogen (secondary N) is 1. The number of carbonyl (C=O) groups is 1. The fraction of sp³-hybridized carbons (Fsp3) is 0.444. The average molecular weight is 346 g/mol. The van der Waals surface area contributed by atoms with Crippen molar-refractivity contribution in [3.63, 3.8) is 0 Å². The van der Waals surface area contributed by atoms with Crippen molar-refractivity contribution in [2.24, 2.45) is 0 Å². The Kier molecular flexibility index (Phi) is 5.33. The highest BCUT2D eigenvalue weighted by Gasteiger charge is 2.21. The number of amides is 1. The smallest absolute Gasteiger partial charge is 0.254 e. The quantitative estimate of drug-likeness (QED) is 0.903. The number of anilines is 1. The van der Waals surface area contributed by atoms with Crippen LogP contribution in [-0.4, -0.2) is 42.0 Å². The van der Waals surface area contributed by atoms with E-state index in [-0.39, 0.29) is 17.8 Å². The van der Waals surface area contributed by atoms with Crippen molar-refractivity contribution >= 4 is 11.6 Å². The summed E-state index contributed by atoms with van der Waals surface area (Å²) < 4.78 is 20.9. The fourth-order valence-electron chi connectivity index (χ4n) is 2.98. The van der Waals surface area contributed by atoms with E-state index in [2.05, 4.69) is 15.3 Å². The average Bonchev–Trinajstić information content (AvgIpc) is 3.11. The van der Waals surface area contributed by atoms with Crippen molar-refractivity contribution < 1.29 is 13.9 Å². The number of aromatic nitrogens is 2. The maximum absolute atomic E-state index is 13.8. The van der Waals surface area contributed by atoms with Gasteiger partial charge in [0.05, 0.1) is 31.0 Å². The van der Waals surface area contributed by atoms with Crippen LogP contribution in [0.5, 0.6) is 0 Å². The zero-order valence-corrected chi connectivity index (χ0v) is 14.5. The second kappa shape index (κ2) is 7.65. The van der Waals surface area contributed by atoms with Gasteiger partial charge in [0.1, 0.15) is 5.82 Å². The number of rotatable bonds is 5. The van der Waals surface area contributed by atoms with Gasteiger partial charge in [-0.1, -0.05) is 0 Å². The van der Waals surface area contributed by atoms with E-state index < -0.39 is 0 Å². The number of halogens is 1. The van der Waals surface area contributed by atoms with Crippen LogP contribution in [0.15, 0.2) is 30.6 Å². The summed E-state index contributed by atoms with van der Waals surface area (Å²) in [6, 6.07) is 4.39. The molecular formula is C18H23FN4O2. The van der Waals surface area contributed by atoms with E-state index in [0.29, 0.717) is 25.3 Å². The lowest BCUT2D eigenvalue weighted by Gasteiger charge is -2.32. The van der Waals surface area contributed by atoms with Gasteiger partial charge in [0.2, 0.25) is 0 Å². The minimum absolute atomic E-state index is 0.218. The third-order valence-electron chi connectivity index (χ3n) is 4.37. The van der Waals surface area contributed by atoms with Crippen molar-refractivity contribution in [2.75, 3.05) is 31.2 Å². The van der Waals surface area contributed by atoms with E-state index >= 15 is 0 Å². The molecule has 1 aromatic heterocycles. The van der Waals surface area contributed by atoms with Crippen LogP contribution < -0.4 is 10.2 Å². The Morgan fingerprint density at radius 1 is 1.40 bits per heavy atom. The molecule has 134 valence electrons. The Balaban J connectivity index is 1.79. The fourth-order valence-corrected chi connectivity index (χ4v) is 2.98. The van der Waals surface area contributed by atoms with Gasteiger partial charge in [0.25, 0.3) is 5.91 Å². The molecule has 1 atom stereocenters. The Bertz CT molecular complexity index is 740. The summed E-state index contributed by atoms with van der Waals surface area (Å²) in [4.78, 5) is 14.6. The Morgan fingerprint density at radius 2 is 2.16 bits per heavy atom. The number of aryl methyl sites for hydroxylation is 1. The molecule has 1 aromatic carbocycles. The van der Waals surface area contributed by atoms with Crippen LogP contribution in [0.4, 0.5) is 10.1 Å². The molecule has 0 aliphatic carbocycles. The first kappa shape index (κ1) is 17.4. The number of morpholine rings is 1. The first-order chi connectivity index (χ1) is 12.1. The number of hydrogen-bond donors (Lipinski definition) is 1. The van der Waals surface area contributed by atoms with E-state index in [4.69, 9.17) is 4.74 Å². The van der Waals surface area contributed by atoms with Gasteiger partial charge in [-0.2, -0.15) is 5.10 Å². The normalized spacial score (nSPS) is 15.9. The Hall–Kier alpha value is -2.41. The van der Waals surface area contributed by atoms with Gasteiger partial charge in [-0.05, 0) is 32.0 Å². The van der Waals surface area contributed by atoms with Crippen LogP contribution in [-0.2, 0) is 11.3 Å². The van der Waals surface area contributed by atoms with E-state index in [9.17, 15) is 9.18 Å². The van der Waals surface area contributed by atoms with Crippen LogP contribution in [0.3, 0.4) is 0 Å². The predicted octanol–water partition coefficient (Wildman–Crippen LogP) is 2.37. The number of carbonyl (C=O) groups excluding carboxylic acids is 1. The van der Waals surface area contributed by atoms with Gasteiger partial charge in [-0.15, -0.1) is 0 Å². The topological polar surface area (TPSA) is 59.4 Å². The lowest BCUT2D eigenvalue weighted by atomic mass is 10.0. The van der Waals surface area contributed by atoms with Gasteiger partial charge >= 0.3 is 0 Å². The number of hydrogen-bond acceptors (Lipinski definition) is 4. The summed E-state index contributed by atoms with van der Waals surface area (Å²) in [6.45, 7) is 7.32. The minimum Gasteiger partial charge on any atom is -0.378 e. The van der Waals surface area contributed by atoms with Crippen molar-refractivity contribution in [3.05, 3.63) is 47.5 Å². The zero-order valence-electron chi connectivity index (χ0n) is 14.5. The van der Waals surface area contributed by atoms with Gasteiger partial charge < -0.3 is 15.0 Å². The van der Waals surface area contributed by atoms with Crippen molar-refractivity contribution in [2.45, 2.75) is 26.4 Å². The molecule has 1 aliphatic heterocycles. The molecule has 1 saturated heterocycles.